The van der Waals surface area contributed by atoms with Gasteiger partial charge in [-0.15, -0.1) is 0 Å². The van der Waals surface area contributed by atoms with Crippen molar-refractivity contribution in [2.45, 2.75) is 6.42 Å². The highest BCUT2D eigenvalue weighted by Crippen LogP contribution is 1.80. The first-order valence-corrected chi connectivity index (χ1v) is 3.71. The fourth-order valence-electron chi connectivity index (χ4n) is 0.537. The number of ether oxygens (including phenoxy) is 2. The Kier molecular flexibility index (Phi) is 9.16. The molecule has 4 heteroatoms. The van der Waals surface area contributed by atoms with Crippen molar-refractivity contribution in [2.24, 2.45) is 5.73 Å². The van der Waals surface area contributed by atoms with Gasteiger partial charge in [0.05, 0.1) is 13.2 Å². The van der Waals surface area contributed by atoms with E-state index >= 15 is 0 Å². The fraction of sp³-hybridized carbons (Fsp3) is 0.857. The molecule has 0 spiro atoms. The van der Waals surface area contributed by atoms with Crippen LogP contribution in [0.3, 0.4) is 0 Å². The predicted molar refractivity (Wildman–Crippen MR) is 41.4 cm³/mol. The van der Waals surface area contributed by atoms with Gasteiger partial charge in [0.2, 0.25) is 0 Å². The fourth-order valence-corrected chi connectivity index (χ4v) is 0.537. The number of rotatable bonds is 8. The van der Waals surface area contributed by atoms with Crippen LogP contribution in [0.15, 0.2) is 0 Å². The first kappa shape index (κ1) is 10.6. The third-order valence-corrected chi connectivity index (χ3v) is 1.05. The molecule has 11 heavy (non-hydrogen) atoms. The summed E-state index contributed by atoms with van der Waals surface area (Å²) < 4.78 is 9.94. The van der Waals surface area contributed by atoms with Crippen molar-refractivity contribution in [3.05, 3.63) is 0 Å². The van der Waals surface area contributed by atoms with Crippen molar-refractivity contribution in [1.29, 1.82) is 0 Å². The predicted octanol–water partition coefficient (Wildman–Crippen LogP) is -0.433. The molecule has 0 aromatic heterocycles. The SMILES string of the molecule is NCCCOCCOCC=O. The lowest BCUT2D eigenvalue weighted by atomic mass is 10.5. The summed E-state index contributed by atoms with van der Waals surface area (Å²) in [4.78, 5) is 9.76. The molecule has 0 fully saturated rings. The van der Waals surface area contributed by atoms with Gasteiger partial charge in [-0.05, 0) is 13.0 Å². The highest BCUT2D eigenvalue weighted by atomic mass is 16.5. The van der Waals surface area contributed by atoms with Crippen molar-refractivity contribution < 1.29 is 14.3 Å². The molecule has 4 nitrogen and oxygen atoms in total. The Balaban J connectivity index is 2.74. The minimum absolute atomic E-state index is 0.153. The van der Waals surface area contributed by atoms with Crippen LogP contribution < -0.4 is 5.73 Å². The van der Waals surface area contributed by atoms with E-state index in [4.69, 9.17) is 15.2 Å². The Hall–Kier alpha value is -0.450. The molecule has 0 saturated heterocycles. The normalized spacial score (nSPS) is 9.91. The smallest absolute Gasteiger partial charge is 0.145 e. The van der Waals surface area contributed by atoms with Gasteiger partial charge < -0.3 is 20.0 Å². The van der Waals surface area contributed by atoms with Crippen molar-refractivity contribution >= 4 is 6.29 Å². The zero-order chi connectivity index (χ0) is 8.36. The highest BCUT2D eigenvalue weighted by molar-refractivity contribution is 5.50. The van der Waals surface area contributed by atoms with Gasteiger partial charge in [0.15, 0.2) is 0 Å². The van der Waals surface area contributed by atoms with Gasteiger partial charge in [-0.2, -0.15) is 0 Å². The van der Waals surface area contributed by atoms with Crippen LogP contribution in [0.1, 0.15) is 6.42 Å². The van der Waals surface area contributed by atoms with Crippen molar-refractivity contribution in [3.8, 4) is 0 Å². The van der Waals surface area contributed by atoms with Gasteiger partial charge in [-0.3, -0.25) is 0 Å². The van der Waals surface area contributed by atoms with Crippen LogP contribution in [0.5, 0.6) is 0 Å². The Morgan fingerprint density at radius 2 is 1.91 bits per heavy atom. The standard InChI is InChI=1S/C7H15NO3/c8-2-1-4-10-6-7-11-5-3-9/h3H,1-2,4-8H2. The molecule has 0 amide bonds. The molecule has 0 aliphatic carbocycles. The second-order valence-electron chi connectivity index (χ2n) is 2.00. The largest absolute Gasteiger partial charge is 0.379 e. The molecule has 0 radical (unpaired) electrons. The number of carbonyl (C=O) groups excluding carboxylic acids is 1. The Morgan fingerprint density at radius 1 is 1.18 bits per heavy atom. The maximum absolute atomic E-state index is 9.76. The number of hydrogen-bond acceptors (Lipinski definition) is 4. The summed E-state index contributed by atoms with van der Waals surface area (Å²) in [6.07, 6.45) is 1.59. The van der Waals surface area contributed by atoms with Crippen LogP contribution in [0.4, 0.5) is 0 Å². The maximum Gasteiger partial charge on any atom is 0.145 e. The van der Waals surface area contributed by atoms with E-state index in [1.807, 2.05) is 0 Å². The molecule has 0 rings (SSSR count). The van der Waals surface area contributed by atoms with E-state index in [-0.39, 0.29) is 6.61 Å². The second kappa shape index (κ2) is 9.55. The average Bonchev–Trinajstić information content (AvgIpc) is 2.03. The van der Waals surface area contributed by atoms with E-state index in [0.717, 1.165) is 12.7 Å². The van der Waals surface area contributed by atoms with Gasteiger partial charge in [0.25, 0.3) is 0 Å². The van der Waals surface area contributed by atoms with Crippen LogP contribution in [-0.2, 0) is 14.3 Å². The van der Waals surface area contributed by atoms with Crippen LogP contribution >= 0.6 is 0 Å². The van der Waals surface area contributed by atoms with Crippen molar-refractivity contribution in [3.63, 3.8) is 0 Å². The lowest BCUT2D eigenvalue weighted by molar-refractivity contribution is -0.112. The maximum atomic E-state index is 9.76. The summed E-state index contributed by atoms with van der Waals surface area (Å²) >= 11 is 0. The lowest BCUT2D eigenvalue weighted by Crippen LogP contribution is -2.09. The molecule has 66 valence electrons. The summed E-state index contributed by atoms with van der Waals surface area (Å²) in [6.45, 7) is 2.48. The molecule has 0 aliphatic heterocycles. The van der Waals surface area contributed by atoms with Gasteiger partial charge in [-0.1, -0.05) is 0 Å². The molecule has 0 saturated carbocycles. The van der Waals surface area contributed by atoms with Gasteiger partial charge in [-0.25, -0.2) is 0 Å². The molecule has 2 N–H and O–H groups in total. The van der Waals surface area contributed by atoms with E-state index in [2.05, 4.69) is 0 Å². The third-order valence-electron chi connectivity index (χ3n) is 1.05. The van der Waals surface area contributed by atoms with E-state index in [0.29, 0.717) is 26.4 Å². The third kappa shape index (κ3) is 9.55. The quantitative estimate of drug-likeness (QED) is 0.387. The van der Waals surface area contributed by atoms with Crippen LogP contribution in [0.25, 0.3) is 0 Å². The topological polar surface area (TPSA) is 61.6 Å². The average molecular weight is 161 g/mol. The molecular weight excluding hydrogens is 146 g/mol. The number of aldehydes is 1. The van der Waals surface area contributed by atoms with Crippen LogP contribution in [0, 0.1) is 0 Å². The van der Waals surface area contributed by atoms with Crippen LogP contribution in [-0.4, -0.2) is 39.3 Å². The molecule has 0 atom stereocenters. The molecule has 0 bridgehead atoms. The minimum atomic E-state index is 0.153. The Bertz CT molecular complexity index is 87.8. The number of carbonyl (C=O) groups is 1. The van der Waals surface area contributed by atoms with Gasteiger partial charge >= 0.3 is 0 Å². The van der Waals surface area contributed by atoms with Crippen molar-refractivity contribution in [2.75, 3.05) is 33.0 Å². The van der Waals surface area contributed by atoms with Crippen LogP contribution in [0.2, 0.25) is 0 Å². The number of nitrogens with two attached hydrogens (primary N) is 1. The summed E-state index contributed by atoms with van der Waals surface area (Å²) in [5, 5.41) is 0. The first-order chi connectivity index (χ1) is 5.41. The minimum Gasteiger partial charge on any atom is -0.379 e. The van der Waals surface area contributed by atoms with E-state index < -0.39 is 0 Å². The lowest BCUT2D eigenvalue weighted by Gasteiger charge is -2.01. The van der Waals surface area contributed by atoms with E-state index in [9.17, 15) is 4.79 Å². The summed E-state index contributed by atoms with van der Waals surface area (Å²) in [7, 11) is 0. The van der Waals surface area contributed by atoms with E-state index in [1.165, 1.54) is 0 Å². The summed E-state index contributed by atoms with van der Waals surface area (Å²) in [5.74, 6) is 0. The molecule has 0 aromatic carbocycles. The summed E-state index contributed by atoms with van der Waals surface area (Å²) in [5.41, 5.74) is 5.23. The monoisotopic (exact) mass is 161 g/mol. The summed E-state index contributed by atoms with van der Waals surface area (Å²) in [6, 6.07) is 0. The molecule has 0 unspecified atom stereocenters. The molecular formula is C7H15NO3. The zero-order valence-electron chi connectivity index (χ0n) is 6.62. The second-order valence-corrected chi connectivity index (χ2v) is 2.00. The van der Waals surface area contributed by atoms with Gasteiger partial charge in [0.1, 0.15) is 12.9 Å². The first-order valence-electron chi connectivity index (χ1n) is 3.71. The highest BCUT2D eigenvalue weighted by Gasteiger charge is 1.87. The molecule has 0 aromatic rings. The number of hydrogen-bond donors (Lipinski definition) is 1. The van der Waals surface area contributed by atoms with E-state index in [1.54, 1.807) is 0 Å². The Labute approximate surface area is 66.7 Å². The molecule has 0 aliphatic rings. The van der Waals surface area contributed by atoms with Crippen molar-refractivity contribution in [1.82, 2.24) is 0 Å². The molecule has 0 heterocycles. The van der Waals surface area contributed by atoms with Gasteiger partial charge in [0, 0.05) is 6.61 Å². The Morgan fingerprint density at radius 3 is 2.55 bits per heavy atom. The zero-order valence-corrected chi connectivity index (χ0v) is 6.62.